The van der Waals surface area contributed by atoms with Crippen LogP contribution in [0.1, 0.15) is 29.6 Å². The van der Waals surface area contributed by atoms with Crippen LogP contribution in [0.2, 0.25) is 0 Å². The molecule has 1 aromatic carbocycles. The molecule has 1 aliphatic rings. The van der Waals surface area contributed by atoms with Crippen LogP contribution in [0.15, 0.2) is 16.6 Å². The van der Waals surface area contributed by atoms with Gasteiger partial charge in [0, 0.05) is 0 Å². The van der Waals surface area contributed by atoms with Crippen LogP contribution in [0.4, 0.5) is 0 Å². The summed E-state index contributed by atoms with van der Waals surface area (Å²) in [6.45, 7) is 0.895. The van der Waals surface area contributed by atoms with Crippen molar-refractivity contribution in [2.75, 3.05) is 20.8 Å². The van der Waals surface area contributed by atoms with Crippen molar-refractivity contribution in [2.45, 2.75) is 25.3 Å². The van der Waals surface area contributed by atoms with Crippen LogP contribution < -0.4 is 14.8 Å². The summed E-state index contributed by atoms with van der Waals surface area (Å²) in [4.78, 5) is 12.5. The normalized spacial score (nSPS) is 19.0. The van der Waals surface area contributed by atoms with E-state index in [0.29, 0.717) is 17.1 Å². The van der Waals surface area contributed by atoms with E-state index in [1.54, 1.807) is 26.4 Å². The third-order valence-electron chi connectivity index (χ3n) is 3.37. The molecule has 2 rings (SSSR count). The lowest BCUT2D eigenvalue weighted by Gasteiger charge is -2.23. The van der Waals surface area contributed by atoms with Gasteiger partial charge in [0.1, 0.15) is 11.5 Å². The highest BCUT2D eigenvalue weighted by atomic mass is 79.9. The molecule has 1 aliphatic heterocycles. The Hall–Kier alpha value is -1.07. The third kappa shape index (κ3) is 3.09. The average molecular weight is 328 g/mol. The number of nitrogens with one attached hydrogen (secondary N) is 1. The first kappa shape index (κ1) is 14.3. The summed E-state index contributed by atoms with van der Waals surface area (Å²) in [7, 11) is 3.15. The van der Waals surface area contributed by atoms with Crippen molar-refractivity contribution in [2.24, 2.45) is 0 Å². The van der Waals surface area contributed by atoms with E-state index in [4.69, 9.17) is 9.47 Å². The number of rotatable bonds is 4. The molecule has 1 N–H and O–H groups in total. The predicted octanol–water partition coefficient (Wildman–Crippen LogP) is 2.79. The van der Waals surface area contributed by atoms with Crippen molar-refractivity contribution in [3.8, 4) is 11.5 Å². The second-order valence-electron chi connectivity index (χ2n) is 4.55. The van der Waals surface area contributed by atoms with Crippen LogP contribution in [0.5, 0.6) is 11.5 Å². The Labute approximate surface area is 121 Å². The van der Waals surface area contributed by atoms with Crippen molar-refractivity contribution >= 4 is 21.7 Å². The maximum absolute atomic E-state index is 12.5. The van der Waals surface area contributed by atoms with Gasteiger partial charge in [-0.1, -0.05) is 6.42 Å². The highest BCUT2D eigenvalue weighted by Gasteiger charge is 2.25. The lowest BCUT2D eigenvalue weighted by Crippen LogP contribution is -2.40. The van der Waals surface area contributed by atoms with E-state index in [2.05, 4.69) is 21.2 Å². The molecule has 5 heteroatoms. The first-order chi connectivity index (χ1) is 9.17. The Morgan fingerprint density at radius 2 is 2.00 bits per heavy atom. The van der Waals surface area contributed by atoms with E-state index in [9.17, 15) is 4.79 Å². The Bertz CT molecular complexity index is 470. The number of Topliss-reactive ketones (excluding diaryl/α,β-unsaturated/α-hetero) is 1. The monoisotopic (exact) mass is 327 g/mol. The van der Waals surface area contributed by atoms with Crippen LogP contribution in [0.3, 0.4) is 0 Å². The number of methoxy groups -OCH3 is 2. The number of carbonyl (C=O) groups excluding carboxylic acids is 1. The molecule has 0 bridgehead atoms. The van der Waals surface area contributed by atoms with Gasteiger partial charge in [0.25, 0.3) is 0 Å². The van der Waals surface area contributed by atoms with Crippen molar-refractivity contribution in [1.29, 1.82) is 0 Å². The fraction of sp³-hybridized carbons (Fsp3) is 0.500. The molecule has 0 aliphatic carbocycles. The molecule has 1 atom stereocenters. The fourth-order valence-corrected chi connectivity index (χ4v) is 2.80. The Balaban J connectivity index is 2.33. The Kier molecular flexibility index (Phi) is 4.82. The van der Waals surface area contributed by atoms with E-state index >= 15 is 0 Å². The zero-order valence-corrected chi connectivity index (χ0v) is 12.7. The minimum atomic E-state index is -0.117. The standard InChI is InChI=1S/C14H18BrNO3/c1-18-12-8-10(15)13(19-2)7-9(12)14(17)11-5-3-4-6-16-11/h7-8,11,16H,3-6H2,1-2H3. The summed E-state index contributed by atoms with van der Waals surface area (Å²) in [6.07, 6.45) is 3.09. The number of hydrogen-bond acceptors (Lipinski definition) is 4. The zero-order valence-electron chi connectivity index (χ0n) is 11.2. The summed E-state index contributed by atoms with van der Waals surface area (Å²) >= 11 is 3.40. The summed E-state index contributed by atoms with van der Waals surface area (Å²) in [5.74, 6) is 1.28. The van der Waals surface area contributed by atoms with Gasteiger partial charge in [-0.15, -0.1) is 0 Å². The van der Waals surface area contributed by atoms with Gasteiger partial charge in [-0.2, -0.15) is 0 Å². The van der Waals surface area contributed by atoms with Crippen LogP contribution in [0, 0.1) is 0 Å². The second-order valence-corrected chi connectivity index (χ2v) is 5.41. The van der Waals surface area contributed by atoms with Crippen molar-refractivity contribution in [3.63, 3.8) is 0 Å². The molecule has 19 heavy (non-hydrogen) atoms. The van der Waals surface area contributed by atoms with Gasteiger partial charge < -0.3 is 14.8 Å². The van der Waals surface area contributed by atoms with Gasteiger partial charge in [0.15, 0.2) is 5.78 Å². The molecule has 1 saturated heterocycles. The molecule has 1 unspecified atom stereocenters. The van der Waals surface area contributed by atoms with E-state index in [1.165, 1.54) is 0 Å². The van der Waals surface area contributed by atoms with Gasteiger partial charge in [-0.25, -0.2) is 0 Å². The summed E-state index contributed by atoms with van der Waals surface area (Å²) < 4.78 is 11.3. The maximum atomic E-state index is 12.5. The molecule has 0 aromatic heterocycles. The van der Waals surface area contributed by atoms with Crippen LogP contribution in [-0.4, -0.2) is 32.6 Å². The molecular formula is C14H18BrNO3. The summed E-state index contributed by atoms with van der Waals surface area (Å²) in [5, 5.41) is 3.26. The quantitative estimate of drug-likeness (QED) is 0.864. The van der Waals surface area contributed by atoms with Gasteiger partial charge in [-0.05, 0) is 47.4 Å². The third-order valence-corrected chi connectivity index (χ3v) is 3.99. The Morgan fingerprint density at radius 1 is 1.26 bits per heavy atom. The van der Waals surface area contributed by atoms with Crippen LogP contribution >= 0.6 is 15.9 Å². The highest BCUT2D eigenvalue weighted by molar-refractivity contribution is 9.10. The van der Waals surface area contributed by atoms with E-state index in [1.807, 2.05) is 0 Å². The number of hydrogen-bond donors (Lipinski definition) is 1. The molecule has 1 fully saturated rings. The molecule has 0 radical (unpaired) electrons. The number of benzene rings is 1. The van der Waals surface area contributed by atoms with Gasteiger partial charge in [0.05, 0.1) is 30.3 Å². The largest absolute Gasteiger partial charge is 0.496 e. The molecule has 0 saturated carbocycles. The van der Waals surface area contributed by atoms with E-state index < -0.39 is 0 Å². The second kappa shape index (κ2) is 6.39. The molecule has 104 valence electrons. The van der Waals surface area contributed by atoms with E-state index in [-0.39, 0.29) is 11.8 Å². The van der Waals surface area contributed by atoms with Crippen molar-refractivity contribution < 1.29 is 14.3 Å². The summed E-state index contributed by atoms with van der Waals surface area (Å²) in [6, 6.07) is 3.39. The fourth-order valence-electron chi connectivity index (χ4n) is 2.32. The van der Waals surface area contributed by atoms with E-state index in [0.717, 1.165) is 30.3 Å². The molecule has 1 aromatic rings. The molecule has 4 nitrogen and oxygen atoms in total. The minimum absolute atomic E-state index is 0.0716. The number of halogens is 1. The average Bonchev–Trinajstić information content (AvgIpc) is 2.47. The number of piperidine rings is 1. The van der Waals surface area contributed by atoms with Gasteiger partial charge in [-0.3, -0.25) is 4.79 Å². The minimum Gasteiger partial charge on any atom is -0.496 e. The number of ketones is 1. The predicted molar refractivity (Wildman–Crippen MR) is 77.2 cm³/mol. The Morgan fingerprint density at radius 3 is 2.58 bits per heavy atom. The van der Waals surface area contributed by atoms with Crippen LogP contribution in [0.25, 0.3) is 0 Å². The lowest BCUT2D eigenvalue weighted by molar-refractivity contribution is 0.0923. The van der Waals surface area contributed by atoms with Crippen molar-refractivity contribution in [1.82, 2.24) is 5.32 Å². The number of ether oxygens (including phenoxy) is 2. The van der Waals surface area contributed by atoms with Crippen LogP contribution in [-0.2, 0) is 0 Å². The number of carbonyl (C=O) groups is 1. The van der Waals surface area contributed by atoms with Gasteiger partial charge in [0.2, 0.25) is 0 Å². The molecular weight excluding hydrogens is 310 g/mol. The maximum Gasteiger partial charge on any atom is 0.183 e. The molecule has 1 heterocycles. The lowest BCUT2D eigenvalue weighted by atomic mass is 9.96. The SMILES string of the molecule is COc1cc(C(=O)C2CCCCN2)c(OC)cc1Br. The topological polar surface area (TPSA) is 47.6 Å². The first-order valence-electron chi connectivity index (χ1n) is 6.36. The molecule has 0 spiro atoms. The van der Waals surface area contributed by atoms with Gasteiger partial charge >= 0.3 is 0 Å². The van der Waals surface area contributed by atoms with Crippen molar-refractivity contribution in [3.05, 3.63) is 22.2 Å². The highest BCUT2D eigenvalue weighted by Crippen LogP contribution is 2.33. The summed E-state index contributed by atoms with van der Waals surface area (Å²) in [5.41, 5.74) is 0.571. The smallest absolute Gasteiger partial charge is 0.183 e. The first-order valence-corrected chi connectivity index (χ1v) is 7.15. The molecule has 0 amide bonds. The zero-order chi connectivity index (χ0) is 13.8.